The van der Waals surface area contributed by atoms with Crippen LogP contribution in [-0.4, -0.2) is 11.8 Å². The van der Waals surface area contributed by atoms with E-state index in [4.69, 9.17) is 0 Å². The molecule has 1 heterocycles. The average Bonchev–Trinajstić information content (AvgIpc) is 2.46. The molecule has 0 spiro atoms. The Morgan fingerprint density at radius 2 is 1.86 bits per heavy atom. The van der Waals surface area contributed by atoms with Gasteiger partial charge in [0.05, 0.1) is 5.92 Å². The molecule has 1 fully saturated rings. The summed E-state index contributed by atoms with van der Waals surface area (Å²) in [6.45, 7) is 6.29. The molecule has 1 aliphatic rings. The lowest BCUT2D eigenvalue weighted by atomic mass is 9.63. The first-order valence-electron chi connectivity index (χ1n) is 7.92. The quantitative estimate of drug-likeness (QED) is 0.839. The van der Waals surface area contributed by atoms with Gasteiger partial charge in [0, 0.05) is 6.42 Å². The molecular weight excluding hydrogens is 262 g/mol. The van der Waals surface area contributed by atoms with Crippen LogP contribution in [0.4, 0.5) is 0 Å². The molecule has 1 aromatic rings. The molecule has 21 heavy (non-hydrogen) atoms. The van der Waals surface area contributed by atoms with E-state index in [1.807, 2.05) is 31.2 Å². The first-order chi connectivity index (χ1) is 10.0. The molecule has 2 rings (SSSR count). The van der Waals surface area contributed by atoms with E-state index in [0.29, 0.717) is 6.42 Å². The topological polar surface area (TPSA) is 46.2 Å². The monoisotopic (exact) mass is 287 g/mol. The highest BCUT2D eigenvalue weighted by atomic mass is 16.2. The minimum atomic E-state index is -0.231. The van der Waals surface area contributed by atoms with Gasteiger partial charge in [-0.2, -0.15) is 0 Å². The summed E-state index contributed by atoms with van der Waals surface area (Å²) in [7, 11) is 0. The molecule has 0 aromatic heterocycles. The van der Waals surface area contributed by atoms with Crippen LogP contribution in [0.3, 0.4) is 0 Å². The third kappa shape index (κ3) is 3.17. The normalized spacial score (nSPS) is 25.8. The zero-order valence-electron chi connectivity index (χ0n) is 13.2. The lowest BCUT2D eigenvalue weighted by molar-refractivity contribution is -0.140. The van der Waals surface area contributed by atoms with Crippen LogP contribution < -0.4 is 5.32 Å². The van der Waals surface area contributed by atoms with Gasteiger partial charge < -0.3 is 0 Å². The number of piperidine rings is 1. The van der Waals surface area contributed by atoms with Crippen molar-refractivity contribution in [3.63, 3.8) is 0 Å². The Kier molecular flexibility index (Phi) is 4.81. The molecule has 114 valence electrons. The van der Waals surface area contributed by atoms with Gasteiger partial charge in [-0.3, -0.25) is 14.9 Å². The van der Waals surface area contributed by atoms with E-state index >= 15 is 0 Å². The van der Waals surface area contributed by atoms with Crippen molar-refractivity contribution in [2.24, 2.45) is 5.41 Å². The molecule has 0 radical (unpaired) electrons. The largest absolute Gasteiger partial charge is 0.296 e. The first kappa shape index (κ1) is 15.7. The number of carbonyl (C=O) groups is 2. The first-order valence-corrected chi connectivity index (χ1v) is 7.92. The maximum Gasteiger partial charge on any atom is 0.234 e. The Morgan fingerprint density at radius 3 is 2.43 bits per heavy atom. The fourth-order valence-electron chi connectivity index (χ4n) is 3.48. The number of imide groups is 1. The van der Waals surface area contributed by atoms with Crippen molar-refractivity contribution in [1.29, 1.82) is 0 Å². The zero-order chi connectivity index (χ0) is 15.5. The summed E-state index contributed by atoms with van der Waals surface area (Å²) in [5.74, 6) is -0.471. The molecule has 0 bridgehead atoms. The van der Waals surface area contributed by atoms with Crippen molar-refractivity contribution in [1.82, 2.24) is 5.32 Å². The summed E-state index contributed by atoms with van der Waals surface area (Å²) in [5.41, 5.74) is 1.98. The fraction of sp³-hybridized carbons (Fsp3) is 0.556. The Morgan fingerprint density at radius 1 is 1.19 bits per heavy atom. The van der Waals surface area contributed by atoms with E-state index in [1.54, 1.807) is 0 Å². The van der Waals surface area contributed by atoms with Gasteiger partial charge >= 0.3 is 0 Å². The summed E-state index contributed by atoms with van der Waals surface area (Å²) in [6, 6.07) is 8.15. The smallest absolute Gasteiger partial charge is 0.234 e. The second-order valence-electron chi connectivity index (χ2n) is 6.25. The maximum absolute atomic E-state index is 12.5. The molecule has 3 heteroatoms. The maximum atomic E-state index is 12.5. The van der Waals surface area contributed by atoms with Crippen LogP contribution in [0.1, 0.15) is 63.0 Å². The van der Waals surface area contributed by atoms with Gasteiger partial charge in [-0.1, -0.05) is 56.5 Å². The van der Waals surface area contributed by atoms with Gasteiger partial charge in [0.1, 0.15) is 0 Å². The summed E-state index contributed by atoms with van der Waals surface area (Å²) in [4.78, 5) is 24.4. The van der Waals surface area contributed by atoms with Crippen molar-refractivity contribution >= 4 is 11.8 Å². The number of nitrogens with one attached hydrogen (secondary N) is 1. The van der Waals surface area contributed by atoms with Crippen molar-refractivity contribution in [3.8, 4) is 0 Å². The minimum absolute atomic E-state index is 0.124. The molecule has 2 atom stereocenters. The van der Waals surface area contributed by atoms with Crippen molar-refractivity contribution in [3.05, 3.63) is 35.4 Å². The summed E-state index contributed by atoms with van der Waals surface area (Å²) < 4.78 is 0. The van der Waals surface area contributed by atoms with E-state index in [9.17, 15) is 9.59 Å². The van der Waals surface area contributed by atoms with E-state index in [1.165, 1.54) is 5.56 Å². The van der Waals surface area contributed by atoms with E-state index in [0.717, 1.165) is 31.2 Å². The van der Waals surface area contributed by atoms with Gasteiger partial charge in [0.25, 0.3) is 0 Å². The number of rotatable bonds is 5. The minimum Gasteiger partial charge on any atom is -0.296 e. The Labute approximate surface area is 127 Å². The van der Waals surface area contributed by atoms with Gasteiger partial charge in [-0.05, 0) is 30.7 Å². The average molecular weight is 287 g/mol. The van der Waals surface area contributed by atoms with E-state index in [-0.39, 0.29) is 23.1 Å². The van der Waals surface area contributed by atoms with Crippen LogP contribution in [-0.2, 0) is 9.59 Å². The van der Waals surface area contributed by atoms with Gasteiger partial charge in [0.15, 0.2) is 0 Å². The molecule has 0 saturated carbocycles. The second-order valence-corrected chi connectivity index (χ2v) is 6.25. The third-order valence-corrected chi connectivity index (χ3v) is 4.79. The molecule has 0 aliphatic carbocycles. The van der Waals surface area contributed by atoms with Crippen LogP contribution >= 0.6 is 0 Å². The highest BCUT2D eigenvalue weighted by Crippen LogP contribution is 2.48. The standard InChI is InChI=1S/C18H25NO2/c1-4-6-11-18(5-2)12-15(20)19-17(21)16(18)14-9-7-13(3)8-10-14/h7-10,16H,4-6,11-12H2,1-3H3,(H,19,20,21). The zero-order valence-corrected chi connectivity index (χ0v) is 13.2. The number of hydrogen-bond acceptors (Lipinski definition) is 2. The van der Waals surface area contributed by atoms with Crippen molar-refractivity contribution < 1.29 is 9.59 Å². The highest BCUT2D eigenvalue weighted by molar-refractivity contribution is 6.02. The van der Waals surface area contributed by atoms with Crippen LogP contribution in [0.25, 0.3) is 0 Å². The molecule has 3 nitrogen and oxygen atoms in total. The van der Waals surface area contributed by atoms with Gasteiger partial charge in [-0.15, -0.1) is 0 Å². The summed E-state index contributed by atoms with van der Waals surface area (Å²) in [5, 5.41) is 2.53. The second kappa shape index (κ2) is 6.42. The molecule has 2 amide bonds. The predicted molar refractivity (Wildman–Crippen MR) is 83.9 cm³/mol. The molecule has 1 N–H and O–H groups in total. The Hall–Kier alpha value is -1.64. The number of amides is 2. The predicted octanol–water partition coefficient (Wildman–Crippen LogP) is 3.71. The van der Waals surface area contributed by atoms with Crippen LogP contribution in [0.2, 0.25) is 0 Å². The number of aryl methyl sites for hydroxylation is 1. The van der Waals surface area contributed by atoms with Crippen LogP contribution in [0, 0.1) is 12.3 Å². The third-order valence-electron chi connectivity index (χ3n) is 4.79. The Balaban J connectivity index is 2.42. The van der Waals surface area contributed by atoms with Crippen molar-refractivity contribution in [2.75, 3.05) is 0 Å². The SMILES string of the molecule is CCCCC1(CC)CC(=O)NC(=O)C1c1ccc(C)cc1. The summed E-state index contributed by atoms with van der Waals surface area (Å²) in [6.07, 6.45) is 4.37. The van der Waals surface area contributed by atoms with Gasteiger partial charge in [-0.25, -0.2) is 0 Å². The fourth-order valence-corrected chi connectivity index (χ4v) is 3.48. The molecular formula is C18H25NO2. The Bertz CT molecular complexity index is 521. The van der Waals surface area contributed by atoms with E-state index in [2.05, 4.69) is 19.2 Å². The molecule has 2 unspecified atom stereocenters. The number of unbranched alkanes of at least 4 members (excludes halogenated alkanes) is 1. The molecule has 1 aliphatic heterocycles. The number of benzene rings is 1. The van der Waals surface area contributed by atoms with E-state index < -0.39 is 0 Å². The van der Waals surface area contributed by atoms with Crippen LogP contribution in [0.5, 0.6) is 0 Å². The van der Waals surface area contributed by atoms with Crippen LogP contribution in [0.15, 0.2) is 24.3 Å². The summed E-state index contributed by atoms with van der Waals surface area (Å²) >= 11 is 0. The molecule has 1 aromatic carbocycles. The van der Waals surface area contributed by atoms with Gasteiger partial charge in [0.2, 0.25) is 11.8 Å². The lowest BCUT2D eigenvalue weighted by Crippen LogP contribution is -2.50. The number of hydrogen-bond donors (Lipinski definition) is 1. The highest BCUT2D eigenvalue weighted by Gasteiger charge is 2.47. The van der Waals surface area contributed by atoms with Crippen molar-refractivity contribution in [2.45, 2.75) is 58.8 Å². The number of carbonyl (C=O) groups excluding carboxylic acids is 2. The lowest BCUT2D eigenvalue weighted by Gasteiger charge is -2.42. The molecule has 1 saturated heterocycles.